The summed E-state index contributed by atoms with van der Waals surface area (Å²) < 4.78 is 5.25. The normalized spacial score (nSPS) is 18.0. The number of nitrogens with one attached hydrogen (secondary N) is 1. The second-order valence-corrected chi connectivity index (χ2v) is 5.41. The van der Waals surface area contributed by atoms with E-state index >= 15 is 0 Å². The van der Waals surface area contributed by atoms with Crippen molar-refractivity contribution >= 4 is 11.8 Å². The SMILES string of the molecule is Cc1occc1SCCNC(C)C1CC1. The van der Waals surface area contributed by atoms with Crippen molar-refractivity contribution in [1.82, 2.24) is 5.32 Å². The van der Waals surface area contributed by atoms with Gasteiger partial charge in [-0.1, -0.05) is 0 Å². The predicted molar refractivity (Wildman–Crippen MR) is 64.4 cm³/mol. The minimum Gasteiger partial charge on any atom is -0.468 e. The molecule has 84 valence electrons. The highest BCUT2D eigenvalue weighted by molar-refractivity contribution is 7.99. The molecule has 0 saturated heterocycles. The maximum atomic E-state index is 5.25. The molecule has 0 aliphatic heterocycles. The summed E-state index contributed by atoms with van der Waals surface area (Å²) in [5.74, 6) is 3.11. The summed E-state index contributed by atoms with van der Waals surface area (Å²) >= 11 is 1.87. The van der Waals surface area contributed by atoms with Gasteiger partial charge in [-0.2, -0.15) is 0 Å². The molecule has 0 bridgehead atoms. The van der Waals surface area contributed by atoms with Crippen molar-refractivity contribution in [3.05, 3.63) is 18.1 Å². The molecule has 1 atom stereocenters. The Bertz CT molecular complexity index is 306. The van der Waals surface area contributed by atoms with Gasteiger partial charge in [0.15, 0.2) is 0 Å². The highest BCUT2D eigenvalue weighted by atomic mass is 32.2. The Morgan fingerprint density at radius 3 is 3.00 bits per heavy atom. The van der Waals surface area contributed by atoms with Crippen LogP contribution in [-0.2, 0) is 0 Å². The smallest absolute Gasteiger partial charge is 0.114 e. The quantitative estimate of drug-likeness (QED) is 0.595. The Balaban J connectivity index is 1.60. The summed E-state index contributed by atoms with van der Waals surface area (Å²) in [7, 11) is 0. The fourth-order valence-electron chi connectivity index (χ4n) is 1.73. The van der Waals surface area contributed by atoms with Crippen molar-refractivity contribution in [2.75, 3.05) is 12.3 Å². The van der Waals surface area contributed by atoms with Crippen molar-refractivity contribution in [3.8, 4) is 0 Å². The van der Waals surface area contributed by atoms with Gasteiger partial charge in [-0.15, -0.1) is 11.8 Å². The first-order valence-corrected chi connectivity index (χ1v) is 6.66. The number of furan rings is 1. The molecule has 1 saturated carbocycles. The molecule has 1 unspecified atom stereocenters. The monoisotopic (exact) mass is 225 g/mol. The third kappa shape index (κ3) is 3.28. The van der Waals surface area contributed by atoms with Gasteiger partial charge in [-0.25, -0.2) is 0 Å². The van der Waals surface area contributed by atoms with E-state index in [1.807, 2.05) is 24.8 Å². The van der Waals surface area contributed by atoms with E-state index in [1.54, 1.807) is 6.26 Å². The second-order valence-electron chi connectivity index (χ2n) is 4.27. The van der Waals surface area contributed by atoms with Gasteiger partial charge in [0.2, 0.25) is 0 Å². The largest absolute Gasteiger partial charge is 0.468 e. The number of thioether (sulfide) groups is 1. The molecular weight excluding hydrogens is 206 g/mol. The lowest BCUT2D eigenvalue weighted by atomic mass is 10.2. The van der Waals surface area contributed by atoms with Gasteiger partial charge in [-0.05, 0) is 38.7 Å². The van der Waals surface area contributed by atoms with Crippen LogP contribution in [0.1, 0.15) is 25.5 Å². The van der Waals surface area contributed by atoms with Crippen LogP contribution in [0.2, 0.25) is 0 Å². The lowest BCUT2D eigenvalue weighted by Gasteiger charge is -2.11. The zero-order chi connectivity index (χ0) is 10.7. The standard InChI is InChI=1S/C12H19NOS/c1-9(11-3-4-11)13-6-8-15-12-5-7-14-10(12)2/h5,7,9,11,13H,3-4,6,8H2,1-2H3. The van der Waals surface area contributed by atoms with E-state index in [4.69, 9.17) is 4.42 Å². The second kappa shape index (κ2) is 5.08. The first-order chi connectivity index (χ1) is 7.27. The van der Waals surface area contributed by atoms with E-state index in [0.29, 0.717) is 6.04 Å². The molecule has 2 rings (SSSR count). The molecule has 1 heterocycles. The first kappa shape index (κ1) is 11.1. The summed E-state index contributed by atoms with van der Waals surface area (Å²) in [6.45, 7) is 5.40. The highest BCUT2D eigenvalue weighted by Crippen LogP contribution is 2.32. The Kier molecular flexibility index (Phi) is 3.76. The van der Waals surface area contributed by atoms with Crippen molar-refractivity contribution in [2.24, 2.45) is 5.92 Å². The molecule has 0 spiro atoms. The molecule has 0 amide bonds. The molecule has 0 aromatic carbocycles. The van der Waals surface area contributed by atoms with Crippen LogP contribution in [0.15, 0.2) is 21.6 Å². The van der Waals surface area contributed by atoms with E-state index in [0.717, 1.165) is 24.0 Å². The van der Waals surface area contributed by atoms with Gasteiger partial charge in [0, 0.05) is 23.2 Å². The topological polar surface area (TPSA) is 25.2 Å². The summed E-state index contributed by atoms with van der Waals surface area (Å²) in [6, 6.07) is 2.75. The average Bonchev–Trinajstić information content (AvgIpc) is 2.99. The lowest BCUT2D eigenvalue weighted by molar-refractivity contribution is 0.514. The maximum absolute atomic E-state index is 5.25. The molecule has 2 nitrogen and oxygen atoms in total. The molecule has 1 aliphatic rings. The van der Waals surface area contributed by atoms with Gasteiger partial charge < -0.3 is 9.73 Å². The maximum Gasteiger partial charge on any atom is 0.114 e. The van der Waals surface area contributed by atoms with Crippen molar-refractivity contribution < 1.29 is 4.42 Å². The van der Waals surface area contributed by atoms with Crippen LogP contribution >= 0.6 is 11.8 Å². The van der Waals surface area contributed by atoms with Crippen molar-refractivity contribution in [2.45, 2.75) is 37.6 Å². The minimum absolute atomic E-state index is 0.705. The summed E-state index contributed by atoms with van der Waals surface area (Å²) in [5.41, 5.74) is 0. The third-order valence-electron chi connectivity index (χ3n) is 2.97. The van der Waals surface area contributed by atoms with Crippen LogP contribution in [0.5, 0.6) is 0 Å². The van der Waals surface area contributed by atoms with E-state index in [9.17, 15) is 0 Å². The minimum atomic E-state index is 0.705. The lowest BCUT2D eigenvalue weighted by Crippen LogP contribution is -2.29. The number of rotatable bonds is 6. The molecule has 0 radical (unpaired) electrons. The van der Waals surface area contributed by atoms with Crippen molar-refractivity contribution in [1.29, 1.82) is 0 Å². The highest BCUT2D eigenvalue weighted by Gasteiger charge is 2.27. The zero-order valence-electron chi connectivity index (χ0n) is 9.45. The van der Waals surface area contributed by atoms with Gasteiger partial charge in [0.1, 0.15) is 5.76 Å². The molecule has 1 aromatic heterocycles. The van der Waals surface area contributed by atoms with Gasteiger partial charge in [-0.3, -0.25) is 0 Å². The Morgan fingerprint density at radius 2 is 2.40 bits per heavy atom. The van der Waals surface area contributed by atoms with Crippen LogP contribution in [0.25, 0.3) is 0 Å². The van der Waals surface area contributed by atoms with Crippen LogP contribution in [0.3, 0.4) is 0 Å². The average molecular weight is 225 g/mol. The van der Waals surface area contributed by atoms with E-state index < -0.39 is 0 Å². The van der Waals surface area contributed by atoms with E-state index in [-0.39, 0.29) is 0 Å². The molecule has 3 heteroatoms. The summed E-state index contributed by atoms with van der Waals surface area (Å²) in [6.07, 6.45) is 4.60. The summed E-state index contributed by atoms with van der Waals surface area (Å²) in [5, 5.41) is 3.58. The molecular formula is C12H19NOS. The molecule has 1 fully saturated rings. The molecule has 1 N–H and O–H groups in total. The van der Waals surface area contributed by atoms with E-state index in [2.05, 4.69) is 12.2 Å². The van der Waals surface area contributed by atoms with Crippen molar-refractivity contribution in [3.63, 3.8) is 0 Å². The molecule has 1 aromatic rings. The third-order valence-corrected chi connectivity index (χ3v) is 4.11. The van der Waals surface area contributed by atoms with Gasteiger partial charge in [0.05, 0.1) is 6.26 Å². The first-order valence-electron chi connectivity index (χ1n) is 5.67. The fraction of sp³-hybridized carbons (Fsp3) is 0.667. The van der Waals surface area contributed by atoms with Gasteiger partial charge >= 0.3 is 0 Å². The van der Waals surface area contributed by atoms with Crippen LogP contribution < -0.4 is 5.32 Å². The number of hydrogen-bond acceptors (Lipinski definition) is 3. The molecule has 15 heavy (non-hydrogen) atoms. The predicted octanol–water partition coefficient (Wildman–Crippen LogP) is 3.07. The fourth-order valence-corrected chi connectivity index (χ4v) is 2.58. The number of hydrogen-bond donors (Lipinski definition) is 1. The van der Waals surface area contributed by atoms with Crippen LogP contribution in [0.4, 0.5) is 0 Å². The van der Waals surface area contributed by atoms with Crippen LogP contribution in [-0.4, -0.2) is 18.3 Å². The Hall–Kier alpha value is -0.410. The van der Waals surface area contributed by atoms with Crippen LogP contribution in [0, 0.1) is 12.8 Å². The molecule has 1 aliphatic carbocycles. The Morgan fingerprint density at radius 1 is 1.60 bits per heavy atom. The zero-order valence-corrected chi connectivity index (χ0v) is 10.3. The number of aryl methyl sites for hydroxylation is 1. The summed E-state index contributed by atoms with van der Waals surface area (Å²) in [4.78, 5) is 1.27. The van der Waals surface area contributed by atoms with E-state index in [1.165, 1.54) is 17.7 Å². The Labute approximate surface area is 95.8 Å². The van der Waals surface area contributed by atoms with Gasteiger partial charge in [0.25, 0.3) is 0 Å².